The Kier molecular flexibility index (Phi) is 11.6. The second-order valence-corrected chi connectivity index (χ2v) is 26.0. The molecule has 8 aromatic carbocycles. The summed E-state index contributed by atoms with van der Waals surface area (Å²) in [6.45, 7) is 26.9. The number of H-pyrrole nitrogens is 2. The van der Waals surface area contributed by atoms with E-state index in [1.54, 1.807) is 0 Å². The van der Waals surface area contributed by atoms with E-state index in [-0.39, 0.29) is 21.7 Å². The molecule has 13 rings (SSSR count). The van der Waals surface area contributed by atoms with Crippen LogP contribution >= 0.6 is 0 Å². The summed E-state index contributed by atoms with van der Waals surface area (Å²) in [6, 6.07) is 61.7. The molecule has 8 bridgehead atoms. The van der Waals surface area contributed by atoms with E-state index in [9.17, 15) is 0 Å². The average Bonchev–Trinajstić information content (AvgIpc) is 4.30. The highest BCUT2D eigenvalue weighted by molar-refractivity contribution is 6.08. The molecule has 394 valence electrons. The smallest absolute Gasteiger partial charge is 0.164 e. The normalized spacial score (nSPS) is 12.8. The zero-order valence-electron chi connectivity index (χ0n) is 47.8. The van der Waals surface area contributed by atoms with E-state index < -0.39 is 0 Å². The van der Waals surface area contributed by atoms with Gasteiger partial charge in [-0.2, -0.15) is 0 Å². The second kappa shape index (κ2) is 18.3. The van der Waals surface area contributed by atoms with Crippen molar-refractivity contribution >= 4 is 44.1 Å². The summed E-state index contributed by atoms with van der Waals surface area (Å²) >= 11 is 0. The summed E-state index contributed by atoms with van der Waals surface area (Å²) in [5.41, 5.74) is 20.1. The third-order valence-corrected chi connectivity index (χ3v) is 16.2. The molecule has 0 spiro atoms. The van der Waals surface area contributed by atoms with Crippen LogP contribution in [-0.4, -0.2) is 39.9 Å². The molecule has 0 aliphatic carbocycles. The van der Waals surface area contributed by atoms with Gasteiger partial charge in [0.1, 0.15) is 22.6 Å². The molecule has 0 unspecified atom stereocenters. The number of aromatic nitrogens is 8. The first-order valence-electron chi connectivity index (χ1n) is 27.9. The zero-order valence-corrected chi connectivity index (χ0v) is 47.8. The zero-order chi connectivity index (χ0) is 55.6. The van der Waals surface area contributed by atoms with Gasteiger partial charge in [0.25, 0.3) is 0 Å². The van der Waals surface area contributed by atoms with Crippen molar-refractivity contribution in [3.63, 3.8) is 0 Å². The highest BCUT2D eigenvalue weighted by atomic mass is 15.1. The SMILES string of the molecule is CC(C)(C)c1ccc(-c2ccc3c(c2)-c2nc-3nc3[nH]c(nc4nc(nc5[nH]c(n2)c2ccc(-c6ccc(C(C)(C)C)cc6)cc52)-c2ccc(-c5ccc(C(C)(C)C)cc5)cc2-4)c2ccc(-c4ccc(C(C)(C)C)cc4)cc32)cc1. The van der Waals surface area contributed by atoms with Crippen LogP contribution in [0.3, 0.4) is 0 Å². The minimum atomic E-state index is 0.0333. The molecule has 0 saturated heterocycles. The Hall–Kier alpha value is -8.88. The molecular weight excluding hydrogens is 977 g/mol. The molecule has 0 atom stereocenters. The Morgan fingerprint density at radius 3 is 0.750 bits per heavy atom. The number of rotatable bonds is 4. The Balaban J connectivity index is 1.09. The van der Waals surface area contributed by atoms with Crippen LogP contribution < -0.4 is 0 Å². The fourth-order valence-corrected chi connectivity index (χ4v) is 11.2. The van der Waals surface area contributed by atoms with Gasteiger partial charge in [-0.15, -0.1) is 0 Å². The third-order valence-electron chi connectivity index (χ3n) is 16.2. The Morgan fingerprint density at radius 1 is 0.225 bits per heavy atom. The van der Waals surface area contributed by atoms with Crippen LogP contribution in [0.1, 0.15) is 105 Å². The van der Waals surface area contributed by atoms with Gasteiger partial charge < -0.3 is 9.97 Å². The van der Waals surface area contributed by atoms with Gasteiger partial charge in [-0.25, -0.2) is 29.9 Å². The van der Waals surface area contributed by atoms with Crippen LogP contribution in [0.5, 0.6) is 0 Å². The van der Waals surface area contributed by atoms with Crippen molar-refractivity contribution in [3.05, 3.63) is 192 Å². The average molecular weight is 1040 g/mol. The Bertz CT molecular complexity index is 4170. The van der Waals surface area contributed by atoms with Crippen molar-refractivity contribution in [1.82, 2.24) is 39.9 Å². The van der Waals surface area contributed by atoms with Gasteiger partial charge in [0, 0.05) is 43.8 Å². The predicted molar refractivity (Wildman–Crippen MR) is 333 cm³/mol. The molecule has 11 aromatic rings. The number of nitrogens with zero attached hydrogens (tertiary/aromatic N) is 6. The van der Waals surface area contributed by atoms with Gasteiger partial charge in [-0.1, -0.05) is 204 Å². The molecule has 8 heteroatoms. The Labute approximate surface area is 468 Å². The Morgan fingerprint density at radius 2 is 0.463 bits per heavy atom. The van der Waals surface area contributed by atoms with Gasteiger partial charge in [0.05, 0.1) is 0 Å². The lowest BCUT2D eigenvalue weighted by Gasteiger charge is -2.19. The van der Waals surface area contributed by atoms with Crippen molar-refractivity contribution in [2.45, 2.75) is 105 Å². The predicted octanol–water partition coefficient (Wildman–Crippen LogP) is 18.7. The lowest BCUT2D eigenvalue weighted by atomic mass is 9.86. The summed E-state index contributed by atoms with van der Waals surface area (Å²) in [7, 11) is 0. The van der Waals surface area contributed by atoms with Gasteiger partial charge in [0.2, 0.25) is 0 Å². The molecule has 2 aliphatic heterocycles. The van der Waals surface area contributed by atoms with E-state index >= 15 is 0 Å². The highest BCUT2D eigenvalue weighted by Gasteiger charge is 2.25. The third kappa shape index (κ3) is 9.16. The summed E-state index contributed by atoms with van der Waals surface area (Å²) in [5, 5.41) is 3.66. The number of aromatic amines is 2. The lowest BCUT2D eigenvalue weighted by molar-refractivity contribution is 0.590. The first-order valence-corrected chi connectivity index (χ1v) is 27.9. The number of fused-ring (bicyclic) bond motifs is 20. The quantitative estimate of drug-likeness (QED) is 0.182. The standard InChI is InChI=1S/C72H66N8/c1-69(2,3)49-25-13-41(14-26-49)45-21-33-53-57(37-45)65-73-61(53)78-66-59-39-47(43-17-29-51(30-18-43)71(7,8)9)23-35-55(59)63(75-66)80-68-60-40-48(44-19-31-52(32-20-44)72(10,11)12)24-36-56(60)64(76-68)79-67-58-38-46(22-34-54(58)62(74-67)77-65)42-15-27-50(28-16-42)70(4,5)6/h13-40H,1-12H3,(H2,73,74,75,76,77,78,79,80). The molecule has 2 N–H and O–H groups in total. The van der Waals surface area contributed by atoms with Crippen molar-refractivity contribution in [3.8, 4) is 90.1 Å². The van der Waals surface area contributed by atoms with Crippen LogP contribution in [0.4, 0.5) is 0 Å². The summed E-state index contributed by atoms with van der Waals surface area (Å²) in [6.07, 6.45) is 0. The first-order chi connectivity index (χ1) is 38.1. The summed E-state index contributed by atoms with van der Waals surface area (Å²) in [4.78, 5) is 40.0. The van der Waals surface area contributed by atoms with E-state index in [1.165, 1.54) is 22.3 Å². The van der Waals surface area contributed by atoms with Gasteiger partial charge in [0.15, 0.2) is 23.3 Å². The molecule has 0 radical (unpaired) electrons. The van der Waals surface area contributed by atoms with E-state index in [2.05, 4.69) is 263 Å². The molecule has 8 nitrogen and oxygen atoms in total. The van der Waals surface area contributed by atoms with E-state index in [0.29, 0.717) is 45.9 Å². The molecule has 2 aliphatic rings. The van der Waals surface area contributed by atoms with Gasteiger partial charge >= 0.3 is 0 Å². The first kappa shape index (κ1) is 50.6. The number of nitrogens with one attached hydrogen (secondary N) is 2. The maximum atomic E-state index is 5.48. The molecule has 3 aromatic heterocycles. The maximum absolute atomic E-state index is 5.48. The minimum Gasteiger partial charge on any atom is -0.324 e. The van der Waals surface area contributed by atoms with Crippen LogP contribution in [0, 0.1) is 0 Å². The van der Waals surface area contributed by atoms with Gasteiger partial charge in [-0.3, -0.25) is 0 Å². The van der Waals surface area contributed by atoms with Crippen molar-refractivity contribution in [2.24, 2.45) is 0 Å². The number of benzene rings is 8. The fourth-order valence-electron chi connectivity index (χ4n) is 11.2. The molecule has 0 amide bonds. The van der Waals surface area contributed by atoms with Crippen LogP contribution in [-0.2, 0) is 21.7 Å². The van der Waals surface area contributed by atoms with Crippen LogP contribution in [0.2, 0.25) is 0 Å². The van der Waals surface area contributed by atoms with Gasteiger partial charge in [-0.05, 0) is 137 Å². The van der Waals surface area contributed by atoms with Crippen LogP contribution in [0.15, 0.2) is 170 Å². The molecule has 0 saturated carbocycles. The van der Waals surface area contributed by atoms with E-state index in [0.717, 1.165) is 88.3 Å². The second-order valence-electron chi connectivity index (χ2n) is 26.0. The fraction of sp³-hybridized carbons (Fsp3) is 0.222. The van der Waals surface area contributed by atoms with Crippen molar-refractivity contribution < 1.29 is 0 Å². The van der Waals surface area contributed by atoms with Crippen molar-refractivity contribution in [2.75, 3.05) is 0 Å². The lowest BCUT2D eigenvalue weighted by Crippen LogP contribution is -2.10. The maximum Gasteiger partial charge on any atom is 0.164 e. The topological polar surface area (TPSA) is 109 Å². The summed E-state index contributed by atoms with van der Waals surface area (Å²) in [5.74, 6) is 2.22. The molecule has 5 heterocycles. The van der Waals surface area contributed by atoms with Crippen LogP contribution in [0.25, 0.3) is 134 Å². The number of hydrogen-bond donors (Lipinski definition) is 2. The summed E-state index contributed by atoms with van der Waals surface area (Å²) < 4.78 is 0. The minimum absolute atomic E-state index is 0.0333. The molecule has 0 fully saturated rings. The molecular formula is C72H66N8. The number of hydrogen-bond acceptors (Lipinski definition) is 6. The van der Waals surface area contributed by atoms with E-state index in [1.807, 2.05) is 0 Å². The van der Waals surface area contributed by atoms with Crippen molar-refractivity contribution in [1.29, 1.82) is 0 Å². The highest BCUT2D eigenvalue weighted by Crippen LogP contribution is 2.42. The monoisotopic (exact) mass is 1040 g/mol. The largest absolute Gasteiger partial charge is 0.324 e. The molecule has 80 heavy (non-hydrogen) atoms. The van der Waals surface area contributed by atoms with E-state index in [4.69, 9.17) is 29.9 Å².